The summed E-state index contributed by atoms with van der Waals surface area (Å²) in [5, 5.41) is 11.1. The molecule has 6 unspecified atom stereocenters. The third-order valence-corrected chi connectivity index (χ3v) is 5.57. The minimum absolute atomic E-state index is 0.156. The second kappa shape index (κ2) is 6.82. The number of rotatable bonds is 3. The van der Waals surface area contributed by atoms with Gasteiger partial charge in [-0.2, -0.15) is 0 Å². The zero-order chi connectivity index (χ0) is 19.2. The van der Waals surface area contributed by atoms with Crippen LogP contribution >= 0.6 is 0 Å². The van der Waals surface area contributed by atoms with Crippen molar-refractivity contribution in [2.24, 2.45) is 11.8 Å². The van der Waals surface area contributed by atoms with E-state index in [9.17, 15) is 14.7 Å². The molecule has 0 bridgehead atoms. The first kappa shape index (κ1) is 19.1. The molecule has 2 heterocycles. The molecule has 1 aliphatic carbocycles. The quantitative estimate of drug-likeness (QED) is 0.358. The van der Waals surface area contributed by atoms with Gasteiger partial charge in [-0.1, -0.05) is 26.5 Å². The summed E-state index contributed by atoms with van der Waals surface area (Å²) in [6.07, 6.45) is 0.921. The van der Waals surface area contributed by atoms with Crippen molar-refractivity contribution in [1.29, 1.82) is 0 Å². The molecule has 2 saturated heterocycles. The van der Waals surface area contributed by atoms with Gasteiger partial charge in [0.1, 0.15) is 24.4 Å². The Morgan fingerprint density at radius 1 is 1.50 bits per heavy atom. The van der Waals surface area contributed by atoms with Crippen molar-refractivity contribution in [3.8, 4) is 0 Å². The van der Waals surface area contributed by atoms with Crippen LogP contribution in [-0.2, 0) is 23.8 Å². The zero-order valence-electron chi connectivity index (χ0n) is 15.9. The van der Waals surface area contributed by atoms with Crippen LogP contribution in [-0.4, -0.2) is 47.1 Å². The van der Waals surface area contributed by atoms with E-state index < -0.39 is 30.2 Å². The molecule has 6 heteroatoms. The highest BCUT2D eigenvalue weighted by molar-refractivity contribution is 5.91. The van der Waals surface area contributed by atoms with Crippen molar-refractivity contribution in [1.82, 2.24) is 0 Å². The molecular formula is C20H28O6. The van der Waals surface area contributed by atoms with E-state index in [0.717, 1.165) is 18.4 Å². The normalized spacial score (nSPS) is 39.6. The fraction of sp³-hybridized carbons (Fsp3) is 0.700. The molecule has 0 saturated carbocycles. The highest BCUT2D eigenvalue weighted by Gasteiger charge is 2.63. The molecule has 0 aromatic heterocycles. The Morgan fingerprint density at radius 3 is 2.85 bits per heavy atom. The third-order valence-electron chi connectivity index (χ3n) is 5.57. The maximum atomic E-state index is 12.2. The molecule has 26 heavy (non-hydrogen) atoms. The Morgan fingerprint density at radius 2 is 2.19 bits per heavy atom. The van der Waals surface area contributed by atoms with E-state index in [1.165, 1.54) is 0 Å². The van der Waals surface area contributed by atoms with Gasteiger partial charge < -0.3 is 19.3 Å². The molecule has 6 atom stereocenters. The largest absolute Gasteiger partial charge is 0.455 e. The lowest BCUT2D eigenvalue weighted by Crippen LogP contribution is -2.44. The lowest BCUT2D eigenvalue weighted by atomic mass is 9.81. The number of esters is 2. The lowest BCUT2D eigenvalue weighted by molar-refractivity contribution is -0.156. The molecular weight excluding hydrogens is 336 g/mol. The van der Waals surface area contributed by atoms with Crippen LogP contribution in [0.5, 0.6) is 0 Å². The van der Waals surface area contributed by atoms with Gasteiger partial charge in [-0.3, -0.25) is 4.79 Å². The third kappa shape index (κ3) is 3.45. The van der Waals surface area contributed by atoms with Crippen molar-refractivity contribution < 1.29 is 28.9 Å². The molecule has 0 radical (unpaired) electrons. The summed E-state index contributed by atoms with van der Waals surface area (Å²) in [5.41, 5.74) is 0.604. The van der Waals surface area contributed by atoms with Gasteiger partial charge in [-0.05, 0) is 38.2 Å². The highest BCUT2D eigenvalue weighted by atomic mass is 16.6. The van der Waals surface area contributed by atoms with Crippen LogP contribution in [0.3, 0.4) is 0 Å². The van der Waals surface area contributed by atoms with Gasteiger partial charge in [0.15, 0.2) is 0 Å². The summed E-state index contributed by atoms with van der Waals surface area (Å²) < 4.78 is 16.9. The van der Waals surface area contributed by atoms with E-state index in [0.29, 0.717) is 0 Å². The van der Waals surface area contributed by atoms with E-state index in [2.05, 4.69) is 6.58 Å². The fourth-order valence-corrected chi connectivity index (χ4v) is 3.98. The molecule has 6 nitrogen and oxygen atoms in total. The summed E-state index contributed by atoms with van der Waals surface area (Å²) >= 11 is 0. The van der Waals surface area contributed by atoms with Crippen LogP contribution in [0.4, 0.5) is 0 Å². The van der Waals surface area contributed by atoms with Gasteiger partial charge in [0, 0.05) is 12.0 Å². The van der Waals surface area contributed by atoms with Gasteiger partial charge >= 0.3 is 11.9 Å². The van der Waals surface area contributed by atoms with Gasteiger partial charge in [0.2, 0.25) is 0 Å². The van der Waals surface area contributed by atoms with E-state index in [-0.39, 0.29) is 35.6 Å². The number of hydrogen-bond donors (Lipinski definition) is 1. The monoisotopic (exact) mass is 364 g/mol. The number of fused-ring (bicyclic) bond motifs is 3. The highest BCUT2D eigenvalue weighted by Crippen LogP contribution is 2.50. The smallest absolute Gasteiger partial charge is 0.334 e. The Hall–Kier alpha value is -1.66. The maximum Gasteiger partial charge on any atom is 0.334 e. The topological polar surface area (TPSA) is 85.4 Å². The standard InChI is InChI=1S/C20H28O6/c1-10(2)9-13(21)24-16-11(3)7-6-8-20(5)18(26-20)17-14(15(16)22)12(4)19(23)25-17/h7,10,14-18,22H,4,6,8-9H2,1-3,5H3. The molecule has 3 rings (SSSR count). The summed E-state index contributed by atoms with van der Waals surface area (Å²) in [6.45, 7) is 11.5. The van der Waals surface area contributed by atoms with E-state index in [1.807, 2.05) is 33.8 Å². The van der Waals surface area contributed by atoms with Gasteiger partial charge in [0.05, 0.1) is 11.5 Å². The van der Waals surface area contributed by atoms with Crippen molar-refractivity contribution >= 4 is 11.9 Å². The van der Waals surface area contributed by atoms with Crippen LogP contribution in [0.25, 0.3) is 0 Å². The molecule has 1 N–H and O–H groups in total. The minimum atomic E-state index is -1.11. The molecule has 0 amide bonds. The second-order valence-electron chi connectivity index (χ2n) is 8.26. The number of carbonyl (C=O) groups is 2. The number of epoxide rings is 1. The van der Waals surface area contributed by atoms with Gasteiger partial charge in [-0.25, -0.2) is 4.79 Å². The molecule has 0 spiro atoms. The Labute approximate surface area is 154 Å². The molecule has 2 fully saturated rings. The van der Waals surface area contributed by atoms with E-state index in [1.54, 1.807) is 0 Å². The van der Waals surface area contributed by atoms with Gasteiger partial charge in [0.25, 0.3) is 0 Å². The first-order valence-corrected chi connectivity index (χ1v) is 9.26. The van der Waals surface area contributed by atoms with Crippen LogP contribution in [0.2, 0.25) is 0 Å². The molecule has 0 aromatic rings. The van der Waals surface area contributed by atoms with Crippen LogP contribution in [0.1, 0.15) is 47.0 Å². The summed E-state index contributed by atoms with van der Waals surface area (Å²) in [7, 11) is 0. The number of allylic oxidation sites excluding steroid dienone is 1. The maximum absolute atomic E-state index is 12.2. The average Bonchev–Trinajstić information content (AvgIpc) is 3.11. The van der Waals surface area contributed by atoms with Crippen LogP contribution < -0.4 is 0 Å². The molecule has 2 aliphatic heterocycles. The first-order chi connectivity index (χ1) is 12.1. The molecule has 0 aromatic carbocycles. The second-order valence-corrected chi connectivity index (χ2v) is 8.26. The van der Waals surface area contributed by atoms with Crippen LogP contribution in [0.15, 0.2) is 23.8 Å². The van der Waals surface area contributed by atoms with E-state index >= 15 is 0 Å². The Balaban J connectivity index is 1.91. The average molecular weight is 364 g/mol. The van der Waals surface area contributed by atoms with Crippen molar-refractivity contribution in [3.05, 3.63) is 23.8 Å². The Bertz CT molecular complexity index is 651. The zero-order valence-corrected chi connectivity index (χ0v) is 15.9. The number of aliphatic hydroxyl groups excluding tert-OH is 1. The molecule has 144 valence electrons. The van der Waals surface area contributed by atoms with Crippen molar-refractivity contribution in [3.63, 3.8) is 0 Å². The Kier molecular flexibility index (Phi) is 5.01. The summed E-state index contributed by atoms with van der Waals surface area (Å²) in [4.78, 5) is 24.3. The predicted molar refractivity (Wildman–Crippen MR) is 94.1 cm³/mol. The van der Waals surface area contributed by atoms with Crippen molar-refractivity contribution in [2.75, 3.05) is 0 Å². The summed E-state index contributed by atoms with van der Waals surface area (Å²) in [5.74, 6) is -1.39. The number of hydrogen-bond acceptors (Lipinski definition) is 6. The first-order valence-electron chi connectivity index (χ1n) is 9.26. The molecule has 3 aliphatic rings. The number of ether oxygens (including phenoxy) is 3. The van der Waals surface area contributed by atoms with Crippen molar-refractivity contribution in [2.45, 2.75) is 77.0 Å². The van der Waals surface area contributed by atoms with E-state index in [4.69, 9.17) is 14.2 Å². The number of aliphatic hydroxyl groups is 1. The minimum Gasteiger partial charge on any atom is -0.455 e. The fourth-order valence-electron chi connectivity index (χ4n) is 3.98. The van der Waals surface area contributed by atoms with Crippen LogP contribution in [0, 0.1) is 11.8 Å². The summed E-state index contributed by atoms with van der Waals surface area (Å²) in [6, 6.07) is 0. The predicted octanol–water partition coefficient (Wildman–Crippen LogP) is 2.30. The lowest BCUT2D eigenvalue weighted by Gasteiger charge is -2.31. The number of carbonyl (C=O) groups excluding carboxylic acids is 2. The SMILES string of the molecule is C=C1C(=O)OC2C1C(O)C(OC(=O)CC(C)C)C(C)=CCCC1(C)OC21. The van der Waals surface area contributed by atoms with Gasteiger partial charge in [-0.15, -0.1) is 0 Å².